The van der Waals surface area contributed by atoms with Crippen molar-refractivity contribution in [3.63, 3.8) is 0 Å². The lowest BCUT2D eigenvalue weighted by Gasteiger charge is -2.30. The van der Waals surface area contributed by atoms with E-state index in [0.29, 0.717) is 11.0 Å². The van der Waals surface area contributed by atoms with Crippen LogP contribution in [0.5, 0.6) is 0 Å². The van der Waals surface area contributed by atoms with Crippen LogP contribution in [0.25, 0.3) is 0 Å². The monoisotopic (exact) mass is 259 g/mol. The van der Waals surface area contributed by atoms with Gasteiger partial charge in [0.1, 0.15) is 0 Å². The first kappa shape index (κ1) is 11.5. The number of nitrogens with zero attached hydrogens (tertiary/aromatic N) is 2. The minimum atomic E-state index is -0.307. The minimum Gasteiger partial charge on any atom is -0.294 e. The number of hydrogen-bond donors (Lipinski definition) is 1. The summed E-state index contributed by atoms with van der Waals surface area (Å²) in [7, 11) is 0. The van der Waals surface area contributed by atoms with E-state index in [1.54, 1.807) is 18.0 Å². The van der Waals surface area contributed by atoms with E-state index >= 15 is 0 Å². The van der Waals surface area contributed by atoms with E-state index in [1.165, 1.54) is 11.3 Å². The Morgan fingerprint density at radius 2 is 2.44 bits per heavy atom. The van der Waals surface area contributed by atoms with Gasteiger partial charge >= 0.3 is 0 Å². The number of piperazine rings is 1. The summed E-state index contributed by atoms with van der Waals surface area (Å²) in [4.78, 5) is 29.3. The van der Waals surface area contributed by atoms with Crippen LogP contribution in [0.15, 0.2) is 6.20 Å². The van der Waals surface area contributed by atoms with Gasteiger partial charge in [0.2, 0.25) is 11.8 Å². The van der Waals surface area contributed by atoms with Crippen molar-refractivity contribution in [3.05, 3.63) is 15.5 Å². The number of hydrogen-bond acceptors (Lipinski definition) is 5. The third-order valence-corrected chi connectivity index (χ3v) is 3.52. The average Bonchev–Trinajstić information content (AvgIpc) is 2.60. The van der Waals surface area contributed by atoms with Crippen molar-refractivity contribution in [1.82, 2.24) is 15.2 Å². The zero-order valence-electron chi connectivity index (χ0n) is 8.57. The van der Waals surface area contributed by atoms with Gasteiger partial charge in [0.15, 0.2) is 4.47 Å². The van der Waals surface area contributed by atoms with E-state index in [1.807, 2.05) is 0 Å². The lowest BCUT2D eigenvalue weighted by molar-refractivity contribution is -0.139. The Balaban J connectivity index is 2.08. The van der Waals surface area contributed by atoms with Crippen molar-refractivity contribution in [2.24, 2.45) is 0 Å². The summed E-state index contributed by atoms with van der Waals surface area (Å²) < 4.78 is 0.468. The van der Waals surface area contributed by atoms with Gasteiger partial charge in [0.25, 0.3) is 0 Å². The number of amides is 2. The van der Waals surface area contributed by atoms with E-state index in [4.69, 9.17) is 11.6 Å². The van der Waals surface area contributed by atoms with Crippen LogP contribution in [0.4, 0.5) is 0 Å². The van der Waals surface area contributed by atoms with Crippen LogP contribution >= 0.6 is 22.9 Å². The number of aromatic nitrogens is 1. The number of nitrogens with one attached hydrogen (secondary N) is 1. The number of carbonyl (C=O) groups excluding carboxylic acids is 2. The Labute approximate surface area is 101 Å². The molecule has 1 saturated heterocycles. The highest BCUT2D eigenvalue weighted by atomic mass is 35.5. The largest absolute Gasteiger partial charge is 0.294 e. The van der Waals surface area contributed by atoms with Crippen LogP contribution in [-0.2, 0) is 16.1 Å². The molecule has 86 valence electrons. The molecule has 16 heavy (non-hydrogen) atoms. The fourth-order valence-corrected chi connectivity index (χ4v) is 2.52. The molecule has 0 aromatic carbocycles. The topological polar surface area (TPSA) is 62.3 Å². The molecule has 1 aliphatic rings. The molecule has 2 rings (SSSR count). The van der Waals surface area contributed by atoms with Gasteiger partial charge in [-0.05, 0) is 6.92 Å². The van der Waals surface area contributed by atoms with Crippen molar-refractivity contribution in [3.8, 4) is 0 Å². The molecule has 1 aliphatic heterocycles. The first-order chi connectivity index (χ1) is 7.56. The van der Waals surface area contributed by atoms with Gasteiger partial charge < -0.3 is 0 Å². The number of rotatable bonds is 2. The maximum Gasteiger partial charge on any atom is 0.243 e. The predicted molar refractivity (Wildman–Crippen MR) is 60.1 cm³/mol. The van der Waals surface area contributed by atoms with Gasteiger partial charge in [-0.15, -0.1) is 11.3 Å². The summed E-state index contributed by atoms with van der Waals surface area (Å²) in [5, 5.41) is 2.29. The van der Waals surface area contributed by atoms with E-state index in [9.17, 15) is 9.59 Å². The second kappa shape index (κ2) is 4.48. The fourth-order valence-electron chi connectivity index (χ4n) is 1.52. The van der Waals surface area contributed by atoms with E-state index < -0.39 is 0 Å². The normalized spacial score (nSPS) is 22.2. The van der Waals surface area contributed by atoms with Crippen molar-refractivity contribution in [2.45, 2.75) is 19.5 Å². The highest BCUT2D eigenvalue weighted by Crippen LogP contribution is 2.20. The van der Waals surface area contributed by atoms with Gasteiger partial charge in [-0.3, -0.25) is 19.8 Å². The molecule has 2 amide bonds. The smallest absolute Gasteiger partial charge is 0.243 e. The first-order valence-corrected chi connectivity index (χ1v) is 5.93. The Bertz CT molecular complexity index is 434. The second-order valence-electron chi connectivity index (χ2n) is 3.57. The highest BCUT2D eigenvalue weighted by Gasteiger charge is 2.30. The van der Waals surface area contributed by atoms with Gasteiger partial charge in [0, 0.05) is 17.6 Å². The van der Waals surface area contributed by atoms with Crippen LogP contribution in [0, 0.1) is 0 Å². The Hall–Kier alpha value is -0.980. The van der Waals surface area contributed by atoms with Gasteiger partial charge in [-0.1, -0.05) is 11.6 Å². The van der Waals surface area contributed by atoms with Gasteiger partial charge in [-0.2, -0.15) is 0 Å². The SMILES string of the molecule is CC1C(=O)NC(=O)CN1Cc1cnc(Cl)s1. The van der Waals surface area contributed by atoms with Gasteiger partial charge in [-0.25, -0.2) is 4.98 Å². The van der Waals surface area contributed by atoms with Crippen LogP contribution in [-0.4, -0.2) is 34.3 Å². The average molecular weight is 260 g/mol. The summed E-state index contributed by atoms with van der Waals surface area (Å²) in [6, 6.07) is -0.307. The molecule has 1 atom stereocenters. The third-order valence-electron chi connectivity index (χ3n) is 2.42. The molecule has 1 fully saturated rings. The molecule has 1 aromatic rings. The van der Waals surface area contributed by atoms with E-state index in [2.05, 4.69) is 10.3 Å². The molecule has 7 heteroatoms. The maximum absolute atomic E-state index is 11.4. The van der Waals surface area contributed by atoms with Gasteiger partial charge in [0.05, 0.1) is 12.6 Å². The second-order valence-corrected chi connectivity index (χ2v) is 5.27. The third kappa shape index (κ3) is 2.40. The quantitative estimate of drug-likeness (QED) is 0.792. The lowest BCUT2D eigenvalue weighted by atomic mass is 10.2. The first-order valence-electron chi connectivity index (χ1n) is 4.74. The highest BCUT2D eigenvalue weighted by molar-refractivity contribution is 7.15. The summed E-state index contributed by atoms with van der Waals surface area (Å²) >= 11 is 7.07. The van der Waals surface area contributed by atoms with Crippen molar-refractivity contribution in [2.75, 3.05) is 6.54 Å². The molecule has 2 heterocycles. The molecule has 1 N–H and O–H groups in total. The Morgan fingerprint density at radius 1 is 1.69 bits per heavy atom. The molecule has 1 unspecified atom stereocenters. The molecule has 0 saturated carbocycles. The van der Waals surface area contributed by atoms with Crippen LogP contribution in [0.3, 0.4) is 0 Å². The fraction of sp³-hybridized carbons (Fsp3) is 0.444. The summed E-state index contributed by atoms with van der Waals surface area (Å²) in [6.45, 7) is 2.51. The van der Waals surface area contributed by atoms with Crippen LogP contribution in [0.1, 0.15) is 11.8 Å². The van der Waals surface area contributed by atoms with E-state index in [0.717, 1.165) is 4.88 Å². The van der Waals surface area contributed by atoms with Crippen molar-refractivity contribution >= 4 is 34.8 Å². The summed E-state index contributed by atoms with van der Waals surface area (Å²) in [6.07, 6.45) is 1.66. The number of halogens is 1. The molecular formula is C9H10ClN3O2S. The number of thiazole rings is 1. The molecule has 1 aromatic heterocycles. The molecule has 5 nitrogen and oxygen atoms in total. The zero-order valence-corrected chi connectivity index (χ0v) is 10.1. The molecule has 0 spiro atoms. The lowest BCUT2D eigenvalue weighted by Crippen LogP contribution is -2.56. The van der Waals surface area contributed by atoms with Crippen molar-refractivity contribution < 1.29 is 9.59 Å². The van der Waals surface area contributed by atoms with Crippen LogP contribution < -0.4 is 5.32 Å². The Kier molecular flexibility index (Phi) is 3.22. The molecular weight excluding hydrogens is 250 g/mol. The Morgan fingerprint density at radius 3 is 3.06 bits per heavy atom. The predicted octanol–water partition coefficient (Wildman–Crippen LogP) is 0.643. The molecule has 0 bridgehead atoms. The number of imide groups is 1. The molecule has 0 radical (unpaired) electrons. The summed E-state index contributed by atoms with van der Waals surface area (Å²) in [5.41, 5.74) is 0. The summed E-state index contributed by atoms with van der Waals surface area (Å²) in [5.74, 6) is -0.523. The minimum absolute atomic E-state index is 0.225. The maximum atomic E-state index is 11.4. The zero-order chi connectivity index (χ0) is 11.7. The molecule has 0 aliphatic carbocycles. The standard InChI is InChI=1S/C9H10ClN3O2S/c1-5-8(15)12-7(14)4-13(5)3-6-2-11-9(10)16-6/h2,5H,3-4H2,1H3,(H,12,14,15). The van der Waals surface area contributed by atoms with E-state index in [-0.39, 0.29) is 24.4 Å². The number of carbonyl (C=O) groups is 2. The van der Waals surface area contributed by atoms with Crippen molar-refractivity contribution in [1.29, 1.82) is 0 Å². The van der Waals surface area contributed by atoms with Crippen LogP contribution in [0.2, 0.25) is 4.47 Å².